The molecule has 0 aliphatic carbocycles. The van der Waals surface area contributed by atoms with E-state index in [1.54, 1.807) is 0 Å². The minimum absolute atomic E-state index is 0.0995. The van der Waals surface area contributed by atoms with E-state index in [0.717, 1.165) is 18.2 Å². The molecule has 0 fully saturated rings. The first-order valence-electron chi connectivity index (χ1n) is 5.81. The smallest absolute Gasteiger partial charge is 0.272 e. The molecule has 0 unspecified atom stereocenters. The van der Waals surface area contributed by atoms with E-state index in [2.05, 4.69) is 0 Å². The third-order valence-corrected chi connectivity index (χ3v) is 2.69. The van der Waals surface area contributed by atoms with Gasteiger partial charge in [-0.2, -0.15) is 5.26 Å². The minimum Gasteiger partial charge on any atom is -0.453 e. The monoisotopic (exact) mass is 288 g/mol. The molecule has 7 heteroatoms. The van der Waals surface area contributed by atoms with E-state index in [9.17, 15) is 14.5 Å². The SMILES string of the molecule is N#Cc1cc(CO)ccc1Oc1ccc([N+](=O)[O-])cc1F. The molecule has 0 heterocycles. The first-order valence-corrected chi connectivity index (χ1v) is 5.81. The molecule has 2 aromatic rings. The van der Waals surface area contributed by atoms with Crippen molar-refractivity contribution in [2.75, 3.05) is 0 Å². The molecule has 1 N–H and O–H groups in total. The number of nitro benzene ring substituents is 1. The van der Waals surface area contributed by atoms with Crippen LogP contribution in [0.2, 0.25) is 0 Å². The number of aliphatic hydroxyl groups excluding tert-OH is 1. The lowest BCUT2D eigenvalue weighted by Crippen LogP contribution is -1.95. The molecule has 106 valence electrons. The second-order valence-corrected chi connectivity index (χ2v) is 4.07. The van der Waals surface area contributed by atoms with Crippen LogP contribution in [0.3, 0.4) is 0 Å². The zero-order valence-corrected chi connectivity index (χ0v) is 10.6. The summed E-state index contributed by atoms with van der Waals surface area (Å²) in [6, 6.07) is 9.20. The Hall–Kier alpha value is -2.98. The van der Waals surface area contributed by atoms with Crippen LogP contribution in [0.5, 0.6) is 11.5 Å². The molecular weight excluding hydrogens is 279 g/mol. The fourth-order valence-corrected chi connectivity index (χ4v) is 1.66. The largest absolute Gasteiger partial charge is 0.453 e. The number of rotatable bonds is 4. The van der Waals surface area contributed by atoms with Gasteiger partial charge in [0.25, 0.3) is 5.69 Å². The second kappa shape index (κ2) is 5.98. The summed E-state index contributed by atoms with van der Waals surface area (Å²) in [4.78, 5) is 9.81. The zero-order chi connectivity index (χ0) is 15.4. The van der Waals surface area contributed by atoms with Crippen LogP contribution in [0.1, 0.15) is 11.1 Å². The molecule has 0 spiro atoms. The maximum absolute atomic E-state index is 13.7. The van der Waals surface area contributed by atoms with Gasteiger partial charge in [-0.3, -0.25) is 10.1 Å². The molecule has 0 saturated carbocycles. The summed E-state index contributed by atoms with van der Waals surface area (Å²) < 4.78 is 19.0. The summed E-state index contributed by atoms with van der Waals surface area (Å²) in [5.41, 5.74) is 0.248. The van der Waals surface area contributed by atoms with Gasteiger partial charge in [0.1, 0.15) is 11.8 Å². The Bertz CT molecular complexity index is 740. The highest BCUT2D eigenvalue weighted by Gasteiger charge is 2.14. The molecule has 0 aliphatic heterocycles. The molecule has 0 radical (unpaired) electrons. The normalized spacial score (nSPS) is 9.95. The van der Waals surface area contributed by atoms with Crippen molar-refractivity contribution in [1.29, 1.82) is 5.26 Å². The maximum Gasteiger partial charge on any atom is 0.272 e. The van der Waals surface area contributed by atoms with E-state index in [1.165, 1.54) is 18.2 Å². The number of non-ortho nitro benzene ring substituents is 1. The Morgan fingerprint density at radius 1 is 1.29 bits per heavy atom. The van der Waals surface area contributed by atoms with Gasteiger partial charge < -0.3 is 9.84 Å². The van der Waals surface area contributed by atoms with E-state index in [1.807, 2.05) is 6.07 Å². The molecule has 0 aliphatic rings. The number of nitro groups is 1. The van der Waals surface area contributed by atoms with E-state index in [4.69, 9.17) is 15.1 Å². The van der Waals surface area contributed by atoms with E-state index < -0.39 is 16.4 Å². The standard InChI is InChI=1S/C14H9FN2O4/c15-12-6-11(17(19)20)2-4-14(12)21-13-3-1-9(8-18)5-10(13)7-16/h1-6,18H,8H2. The van der Waals surface area contributed by atoms with Crippen molar-refractivity contribution in [3.63, 3.8) is 0 Å². The predicted molar refractivity (Wildman–Crippen MR) is 70.2 cm³/mol. The van der Waals surface area contributed by atoms with Crippen molar-refractivity contribution in [2.24, 2.45) is 0 Å². The fourth-order valence-electron chi connectivity index (χ4n) is 1.66. The molecule has 21 heavy (non-hydrogen) atoms. The van der Waals surface area contributed by atoms with E-state index >= 15 is 0 Å². The Morgan fingerprint density at radius 3 is 2.57 bits per heavy atom. The van der Waals surface area contributed by atoms with Crippen molar-refractivity contribution >= 4 is 5.69 Å². The quantitative estimate of drug-likeness (QED) is 0.689. The van der Waals surface area contributed by atoms with Crippen molar-refractivity contribution in [3.8, 4) is 17.6 Å². The Balaban J connectivity index is 2.34. The van der Waals surface area contributed by atoms with Crippen LogP contribution in [0.4, 0.5) is 10.1 Å². The molecule has 2 aromatic carbocycles. The van der Waals surface area contributed by atoms with Gasteiger partial charge in [-0.25, -0.2) is 4.39 Å². The molecule has 0 aromatic heterocycles. The van der Waals surface area contributed by atoms with Gasteiger partial charge >= 0.3 is 0 Å². The molecule has 2 rings (SSSR count). The van der Waals surface area contributed by atoms with Gasteiger partial charge in [-0.05, 0) is 23.8 Å². The first-order chi connectivity index (χ1) is 10.0. The molecule has 0 bridgehead atoms. The number of hydrogen-bond acceptors (Lipinski definition) is 5. The lowest BCUT2D eigenvalue weighted by Gasteiger charge is -2.09. The highest BCUT2D eigenvalue weighted by molar-refractivity contribution is 5.48. The van der Waals surface area contributed by atoms with Gasteiger partial charge in [0.05, 0.1) is 23.2 Å². The fraction of sp³-hybridized carbons (Fsp3) is 0.0714. The summed E-state index contributed by atoms with van der Waals surface area (Å²) in [6.45, 7) is -0.235. The third-order valence-electron chi connectivity index (χ3n) is 2.69. The highest BCUT2D eigenvalue weighted by atomic mass is 19.1. The third kappa shape index (κ3) is 3.13. The topological polar surface area (TPSA) is 96.4 Å². The van der Waals surface area contributed by atoms with Crippen LogP contribution < -0.4 is 4.74 Å². The van der Waals surface area contributed by atoms with E-state index in [-0.39, 0.29) is 23.7 Å². The van der Waals surface area contributed by atoms with E-state index in [0.29, 0.717) is 5.56 Å². The number of hydrogen-bond donors (Lipinski definition) is 1. The summed E-state index contributed by atoms with van der Waals surface area (Å²) in [7, 11) is 0. The van der Waals surface area contributed by atoms with Crippen molar-refractivity contribution in [1.82, 2.24) is 0 Å². The number of nitriles is 1. The number of nitrogens with zero attached hydrogens (tertiary/aromatic N) is 2. The predicted octanol–water partition coefficient (Wildman–Crippen LogP) is 2.89. The summed E-state index contributed by atoms with van der Waals surface area (Å²) in [5, 5.41) is 28.5. The molecule has 0 saturated heterocycles. The van der Waals surface area contributed by atoms with Crippen LogP contribution in [-0.2, 0) is 6.61 Å². The number of benzene rings is 2. The molecule has 0 atom stereocenters. The van der Waals surface area contributed by atoms with Gasteiger partial charge in [0, 0.05) is 6.07 Å². The zero-order valence-electron chi connectivity index (χ0n) is 10.6. The van der Waals surface area contributed by atoms with Crippen LogP contribution >= 0.6 is 0 Å². The average Bonchev–Trinajstić information content (AvgIpc) is 2.49. The van der Waals surface area contributed by atoms with Gasteiger partial charge in [0.15, 0.2) is 11.6 Å². The number of aliphatic hydroxyl groups is 1. The van der Waals surface area contributed by atoms with Crippen LogP contribution in [0.25, 0.3) is 0 Å². The Labute approximate surface area is 118 Å². The first kappa shape index (κ1) is 14.4. The van der Waals surface area contributed by atoms with Crippen LogP contribution in [-0.4, -0.2) is 10.0 Å². The maximum atomic E-state index is 13.7. The minimum atomic E-state index is -0.903. The summed E-state index contributed by atoms with van der Waals surface area (Å²) >= 11 is 0. The van der Waals surface area contributed by atoms with Gasteiger partial charge in [-0.15, -0.1) is 0 Å². The molecule has 0 amide bonds. The lowest BCUT2D eigenvalue weighted by atomic mass is 10.1. The second-order valence-electron chi connectivity index (χ2n) is 4.07. The van der Waals surface area contributed by atoms with Crippen LogP contribution in [0.15, 0.2) is 36.4 Å². The summed E-state index contributed by atoms with van der Waals surface area (Å²) in [6.07, 6.45) is 0. The Morgan fingerprint density at radius 2 is 2.00 bits per heavy atom. The lowest BCUT2D eigenvalue weighted by molar-refractivity contribution is -0.385. The molecule has 6 nitrogen and oxygen atoms in total. The van der Waals surface area contributed by atoms with Crippen molar-refractivity contribution in [2.45, 2.75) is 6.61 Å². The van der Waals surface area contributed by atoms with Crippen molar-refractivity contribution in [3.05, 3.63) is 63.5 Å². The average molecular weight is 288 g/mol. The Kier molecular flexibility index (Phi) is 4.11. The number of ether oxygens (including phenoxy) is 1. The van der Waals surface area contributed by atoms with Crippen molar-refractivity contribution < 1.29 is 19.2 Å². The highest BCUT2D eigenvalue weighted by Crippen LogP contribution is 2.30. The summed E-state index contributed by atoms with van der Waals surface area (Å²) in [5.74, 6) is -1.03. The molecular formula is C14H9FN2O4. The van der Waals surface area contributed by atoms with Gasteiger partial charge in [-0.1, -0.05) is 6.07 Å². The van der Waals surface area contributed by atoms with Crippen LogP contribution in [0, 0.1) is 27.3 Å². The number of halogens is 1. The van der Waals surface area contributed by atoms with Gasteiger partial charge in [0.2, 0.25) is 0 Å².